The second-order valence-corrected chi connectivity index (χ2v) is 4.29. The Kier molecular flexibility index (Phi) is 3.61. The highest BCUT2D eigenvalue weighted by molar-refractivity contribution is 6.01. The quantitative estimate of drug-likeness (QED) is 0.874. The van der Waals surface area contributed by atoms with Gasteiger partial charge in [-0.05, 0) is 32.4 Å². The van der Waals surface area contributed by atoms with Crippen molar-refractivity contribution in [2.75, 3.05) is 13.1 Å². The maximum Gasteiger partial charge on any atom is 0.137 e. The van der Waals surface area contributed by atoms with Crippen molar-refractivity contribution >= 4 is 5.84 Å². The summed E-state index contributed by atoms with van der Waals surface area (Å²) < 4.78 is 19.5. The van der Waals surface area contributed by atoms with E-state index in [0.29, 0.717) is 17.1 Å². The first-order valence-corrected chi connectivity index (χ1v) is 5.92. The average Bonchev–Trinajstić information content (AvgIpc) is 2.29. The molecule has 0 aromatic heterocycles. The molecule has 1 aliphatic heterocycles. The van der Waals surface area contributed by atoms with E-state index in [-0.39, 0.29) is 11.9 Å². The van der Waals surface area contributed by atoms with Gasteiger partial charge in [-0.15, -0.1) is 0 Å². The molecular formula is C13H17FN2O. The smallest absolute Gasteiger partial charge is 0.137 e. The van der Waals surface area contributed by atoms with Crippen LogP contribution in [0.3, 0.4) is 0 Å². The minimum Gasteiger partial charge on any atom is -0.490 e. The number of nitrogens with one attached hydrogen (secondary N) is 1. The molecule has 1 N–H and O–H groups in total. The number of hydrogen-bond donors (Lipinski definition) is 1. The molecule has 0 amide bonds. The van der Waals surface area contributed by atoms with Gasteiger partial charge in [0.25, 0.3) is 0 Å². The summed E-state index contributed by atoms with van der Waals surface area (Å²) in [7, 11) is 0. The van der Waals surface area contributed by atoms with E-state index in [1.165, 1.54) is 6.07 Å². The van der Waals surface area contributed by atoms with Gasteiger partial charge in [-0.3, -0.25) is 4.99 Å². The van der Waals surface area contributed by atoms with Gasteiger partial charge in [-0.2, -0.15) is 0 Å². The van der Waals surface area contributed by atoms with Crippen molar-refractivity contribution in [3.63, 3.8) is 0 Å². The summed E-state index contributed by atoms with van der Waals surface area (Å²) in [5, 5.41) is 3.12. The van der Waals surface area contributed by atoms with Crippen molar-refractivity contribution in [3.05, 3.63) is 29.6 Å². The Morgan fingerprint density at radius 2 is 2.24 bits per heavy atom. The zero-order chi connectivity index (χ0) is 12.3. The molecule has 0 saturated carbocycles. The molecule has 0 saturated heterocycles. The number of benzene rings is 1. The van der Waals surface area contributed by atoms with Crippen LogP contribution in [0.5, 0.6) is 5.75 Å². The van der Waals surface area contributed by atoms with E-state index in [4.69, 9.17) is 4.74 Å². The first kappa shape index (κ1) is 11.9. The van der Waals surface area contributed by atoms with E-state index in [1.807, 2.05) is 13.8 Å². The fourth-order valence-electron chi connectivity index (χ4n) is 1.79. The van der Waals surface area contributed by atoms with E-state index in [0.717, 1.165) is 19.5 Å². The molecule has 0 fully saturated rings. The predicted molar refractivity (Wildman–Crippen MR) is 66.2 cm³/mol. The number of aliphatic imine (C=N–C) groups is 1. The standard InChI is InChI=1S/C13H17FN2O/c1-9(2)17-11-6-3-5-10(14)12(11)13-15-7-4-8-16-13/h3,5-6,9H,4,7-8H2,1-2H3,(H,15,16). The Labute approximate surface area is 101 Å². The Morgan fingerprint density at radius 3 is 2.88 bits per heavy atom. The summed E-state index contributed by atoms with van der Waals surface area (Å²) in [6, 6.07) is 4.86. The molecule has 0 spiro atoms. The van der Waals surface area contributed by atoms with Gasteiger partial charge in [0.15, 0.2) is 0 Å². The lowest BCUT2D eigenvalue weighted by atomic mass is 10.1. The van der Waals surface area contributed by atoms with Gasteiger partial charge in [0, 0.05) is 13.1 Å². The number of ether oxygens (including phenoxy) is 1. The van der Waals surface area contributed by atoms with Gasteiger partial charge in [-0.25, -0.2) is 4.39 Å². The molecule has 92 valence electrons. The third kappa shape index (κ3) is 2.75. The van der Waals surface area contributed by atoms with Crippen molar-refractivity contribution in [1.29, 1.82) is 0 Å². The van der Waals surface area contributed by atoms with Crippen LogP contribution in [0, 0.1) is 5.82 Å². The molecule has 2 rings (SSSR count). The molecule has 1 aromatic rings. The summed E-state index contributed by atoms with van der Waals surface area (Å²) >= 11 is 0. The molecule has 1 heterocycles. The zero-order valence-electron chi connectivity index (χ0n) is 10.2. The van der Waals surface area contributed by atoms with Crippen LogP contribution in [0.1, 0.15) is 25.8 Å². The summed E-state index contributed by atoms with van der Waals surface area (Å²) in [5.74, 6) is 0.856. The maximum atomic E-state index is 13.9. The van der Waals surface area contributed by atoms with Crippen LogP contribution in [0.4, 0.5) is 4.39 Å². The summed E-state index contributed by atoms with van der Waals surface area (Å²) in [6.45, 7) is 5.40. The molecule has 0 radical (unpaired) electrons. The molecular weight excluding hydrogens is 219 g/mol. The first-order valence-electron chi connectivity index (χ1n) is 5.92. The molecule has 3 nitrogen and oxygen atoms in total. The van der Waals surface area contributed by atoms with Crippen molar-refractivity contribution in [2.24, 2.45) is 4.99 Å². The van der Waals surface area contributed by atoms with E-state index in [2.05, 4.69) is 10.3 Å². The van der Waals surface area contributed by atoms with Gasteiger partial charge in [-0.1, -0.05) is 6.07 Å². The maximum absolute atomic E-state index is 13.9. The predicted octanol–water partition coefficient (Wildman–Crippen LogP) is 2.35. The second kappa shape index (κ2) is 5.17. The van der Waals surface area contributed by atoms with Crippen LogP contribution in [-0.4, -0.2) is 25.0 Å². The first-order chi connectivity index (χ1) is 8.18. The molecule has 1 aromatic carbocycles. The highest BCUT2D eigenvalue weighted by atomic mass is 19.1. The summed E-state index contributed by atoms with van der Waals surface area (Å²) in [5.41, 5.74) is 0.445. The van der Waals surface area contributed by atoms with Crippen molar-refractivity contribution in [1.82, 2.24) is 5.32 Å². The fourth-order valence-corrected chi connectivity index (χ4v) is 1.79. The number of amidine groups is 1. The van der Waals surface area contributed by atoms with Gasteiger partial charge in [0.2, 0.25) is 0 Å². The van der Waals surface area contributed by atoms with Crippen molar-refractivity contribution in [3.8, 4) is 5.75 Å². The van der Waals surface area contributed by atoms with Gasteiger partial charge in [0.1, 0.15) is 17.4 Å². The number of rotatable bonds is 3. The second-order valence-electron chi connectivity index (χ2n) is 4.29. The summed E-state index contributed by atoms with van der Waals surface area (Å²) in [4.78, 5) is 4.31. The largest absolute Gasteiger partial charge is 0.490 e. The lowest BCUT2D eigenvalue weighted by molar-refractivity contribution is 0.240. The van der Waals surface area contributed by atoms with Crippen LogP contribution < -0.4 is 10.1 Å². The zero-order valence-corrected chi connectivity index (χ0v) is 10.2. The molecule has 0 aliphatic carbocycles. The summed E-state index contributed by atoms with van der Waals surface area (Å²) in [6.07, 6.45) is 0.998. The lowest BCUT2D eigenvalue weighted by Gasteiger charge is -2.19. The van der Waals surface area contributed by atoms with E-state index in [9.17, 15) is 4.39 Å². The molecule has 4 heteroatoms. The monoisotopic (exact) mass is 236 g/mol. The van der Waals surface area contributed by atoms with Gasteiger partial charge in [0.05, 0.1) is 11.7 Å². The molecule has 0 unspecified atom stereocenters. The molecule has 1 aliphatic rings. The van der Waals surface area contributed by atoms with Crippen LogP contribution >= 0.6 is 0 Å². The normalized spacial score (nSPS) is 15.4. The number of hydrogen-bond acceptors (Lipinski definition) is 3. The van der Waals surface area contributed by atoms with Crippen molar-refractivity contribution in [2.45, 2.75) is 26.4 Å². The SMILES string of the molecule is CC(C)Oc1cccc(F)c1C1=NCCCN1. The molecule has 0 atom stereocenters. The van der Waals surface area contributed by atoms with Crippen LogP contribution in [0.2, 0.25) is 0 Å². The van der Waals surface area contributed by atoms with Crippen molar-refractivity contribution < 1.29 is 9.13 Å². The number of halogens is 1. The van der Waals surface area contributed by atoms with Gasteiger partial charge < -0.3 is 10.1 Å². The van der Waals surface area contributed by atoms with Gasteiger partial charge >= 0.3 is 0 Å². The third-order valence-corrected chi connectivity index (χ3v) is 2.47. The van der Waals surface area contributed by atoms with Crippen LogP contribution in [0.25, 0.3) is 0 Å². The Morgan fingerprint density at radius 1 is 1.41 bits per heavy atom. The Balaban J connectivity index is 2.39. The van der Waals surface area contributed by atoms with E-state index < -0.39 is 0 Å². The van der Waals surface area contributed by atoms with Crippen LogP contribution in [-0.2, 0) is 0 Å². The average molecular weight is 236 g/mol. The molecule has 17 heavy (non-hydrogen) atoms. The highest BCUT2D eigenvalue weighted by Crippen LogP contribution is 2.23. The topological polar surface area (TPSA) is 33.6 Å². The fraction of sp³-hybridized carbons (Fsp3) is 0.462. The van der Waals surface area contributed by atoms with E-state index >= 15 is 0 Å². The van der Waals surface area contributed by atoms with Crippen LogP contribution in [0.15, 0.2) is 23.2 Å². The third-order valence-electron chi connectivity index (χ3n) is 2.47. The lowest BCUT2D eigenvalue weighted by Crippen LogP contribution is -2.31. The minimum absolute atomic E-state index is 0.0136. The highest BCUT2D eigenvalue weighted by Gasteiger charge is 2.18. The Bertz CT molecular complexity index is 429. The number of nitrogens with zero attached hydrogens (tertiary/aromatic N) is 1. The molecule has 0 bridgehead atoms. The Hall–Kier alpha value is -1.58. The van der Waals surface area contributed by atoms with E-state index in [1.54, 1.807) is 12.1 Å². The minimum atomic E-state index is -0.295.